The lowest BCUT2D eigenvalue weighted by atomic mass is 10.1. The lowest BCUT2D eigenvalue weighted by Gasteiger charge is -2.29. The number of nitrogens with one attached hydrogen (secondary N) is 1. The normalized spacial score (nSPS) is 31.7. The van der Waals surface area contributed by atoms with Crippen LogP contribution in [0.4, 0.5) is 4.79 Å². The van der Waals surface area contributed by atoms with Crippen LogP contribution in [0.5, 0.6) is 0 Å². The van der Waals surface area contributed by atoms with Crippen molar-refractivity contribution in [1.29, 1.82) is 0 Å². The smallest absolute Gasteiger partial charge is 0.317 e. The summed E-state index contributed by atoms with van der Waals surface area (Å²) in [5, 5.41) is 3.19. The molecule has 86 valence electrons. The fraction of sp³-hybridized carbons (Fsp3) is 0.917. The molecule has 1 heterocycles. The molecule has 1 aliphatic carbocycles. The first kappa shape index (κ1) is 10.8. The van der Waals surface area contributed by atoms with E-state index in [-0.39, 0.29) is 6.03 Å². The summed E-state index contributed by atoms with van der Waals surface area (Å²) in [6.45, 7) is 4.15. The standard InChI is InChI=1S/C12H22N2O/c1-10-6-5-7-11(10)13-12(15)14-8-3-2-4-9-14/h10-11H,2-9H2,1H3,(H,13,15). The third kappa shape index (κ3) is 2.64. The summed E-state index contributed by atoms with van der Waals surface area (Å²) in [6.07, 6.45) is 7.34. The number of urea groups is 1. The summed E-state index contributed by atoms with van der Waals surface area (Å²) in [5.74, 6) is 0.666. The molecule has 0 aromatic carbocycles. The molecular formula is C12H22N2O. The Balaban J connectivity index is 1.80. The molecule has 0 aromatic rings. The highest BCUT2D eigenvalue weighted by molar-refractivity contribution is 5.74. The Labute approximate surface area is 92.2 Å². The third-order valence-electron chi connectivity index (χ3n) is 3.81. The highest BCUT2D eigenvalue weighted by Gasteiger charge is 2.26. The summed E-state index contributed by atoms with van der Waals surface area (Å²) in [4.78, 5) is 13.9. The van der Waals surface area contributed by atoms with Crippen LogP contribution < -0.4 is 5.32 Å². The minimum absolute atomic E-state index is 0.174. The number of hydrogen-bond acceptors (Lipinski definition) is 1. The maximum atomic E-state index is 11.9. The molecule has 0 bridgehead atoms. The molecule has 1 aliphatic heterocycles. The van der Waals surface area contributed by atoms with Gasteiger partial charge in [-0.15, -0.1) is 0 Å². The fourth-order valence-corrected chi connectivity index (χ4v) is 2.71. The maximum absolute atomic E-state index is 11.9. The van der Waals surface area contributed by atoms with Crippen molar-refractivity contribution in [3.63, 3.8) is 0 Å². The molecule has 3 heteroatoms. The molecule has 0 radical (unpaired) electrons. The first-order valence-electron chi connectivity index (χ1n) is 6.33. The van der Waals surface area contributed by atoms with E-state index in [9.17, 15) is 4.79 Å². The van der Waals surface area contributed by atoms with E-state index in [4.69, 9.17) is 0 Å². The number of likely N-dealkylation sites (tertiary alicyclic amines) is 1. The summed E-state index contributed by atoms with van der Waals surface area (Å²) >= 11 is 0. The van der Waals surface area contributed by atoms with Gasteiger partial charge < -0.3 is 10.2 Å². The van der Waals surface area contributed by atoms with Gasteiger partial charge >= 0.3 is 6.03 Å². The van der Waals surface area contributed by atoms with Gasteiger partial charge in [0.15, 0.2) is 0 Å². The van der Waals surface area contributed by atoms with Crippen molar-refractivity contribution in [2.45, 2.75) is 51.5 Å². The van der Waals surface area contributed by atoms with Crippen LogP contribution in [0.1, 0.15) is 45.4 Å². The number of piperidine rings is 1. The van der Waals surface area contributed by atoms with Gasteiger partial charge in [-0.05, 0) is 38.0 Å². The van der Waals surface area contributed by atoms with Crippen LogP contribution in [0.2, 0.25) is 0 Å². The molecule has 0 spiro atoms. The van der Waals surface area contributed by atoms with Gasteiger partial charge in [-0.3, -0.25) is 0 Å². The quantitative estimate of drug-likeness (QED) is 0.708. The van der Waals surface area contributed by atoms with Crippen molar-refractivity contribution in [3.05, 3.63) is 0 Å². The van der Waals surface area contributed by atoms with E-state index < -0.39 is 0 Å². The highest BCUT2D eigenvalue weighted by atomic mass is 16.2. The zero-order valence-electron chi connectivity index (χ0n) is 9.67. The largest absolute Gasteiger partial charge is 0.335 e. The molecule has 15 heavy (non-hydrogen) atoms. The fourth-order valence-electron chi connectivity index (χ4n) is 2.71. The molecule has 1 saturated carbocycles. The van der Waals surface area contributed by atoms with Crippen LogP contribution in [-0.2, 0) is 0 Å². The number of rotatable bonds is 1. The molecular weight excluding hydrogens is 188 g/mol. The average molecular weight is 210 g/mol. The van der Waals surface area contributed by atoms with Crippen molar-refractivity contribution < 1.29 is 4.79 Å². The summed E-state index contributed by atoms with van der Waals surface area (Å²) in [6, 6.07) is 0.605. The van der Waals surface area contributed by atoms with Gasteiger partial charge in [0, 0.05) is 19.1 Å². The minimum atomic E-state index is 0.174. The lowest BCUT2D eigenvalue weighted by Crippen LogP contribution is -2.47. The number of carbonyl (C=O) groups excluding carboxylic acids is 1. The van der Waals surface area contributed by atoms with E-state index in [1.165, 1.54) is 38.5 Å². The Morgan fingerprint density at radius 2 is 1.87 bits per heavy atom. The number of carbonyl (C=O) groups is 1. The second-order valence-corrected chi connectivity index (χ2v) is 5.01. The Morgan fingerprint density at radius 3 is 2.47 bits per heavy atom. The Hall–Kier alpha value is -0.730. The second kappa shape index (κ2) is 4.86. The van der Waals surface area contributed by atoms with Crippen LogP contribution in [0.15, 0.2) is 0 Å². The van der Waals surface area contributed by atoms with Gasteiger partial charge in [0.2, 0.25) is 0 Å². The molecule has 1 saturated heterocycles. The average Bonchev–Trinajstić information content (AvgIpc) is 2.66. The van der Waals surface area contributed by atoms with Crippen LogP contribution >= 0.6 is 0 Å². The Bertz CT molecular complexity index is 224. The molecule has 3 nitrogen and oxygen atoms in total. The second-order valence-electron chi connectivity index (χ2n) is 5.01. The molecule has 0 aromatic heterocycles. The van der Waals surface area contributed by atoms with Gasteiger partial charge in [0.1, 0.15) is 0 Å². The SMILES string of the molecule is CC1CCCC1NC(=O)N1CCCCC1. The number of hydrogen-bond donors (Lipinski definition) is 1. The molecule has 2 fully saturated rings. The summed E-state index contributed by atoms with van der Waals surface area (Å²) in [5.41, 5.74) is 0. The zero-order chi connectivity index (χ0) is 10.7. The highest BCUT2D eigenvalue weighted by Crippen LogP contribution is 2.25. The van der Waals surface area contributed by atoms with Gasteiger partial charge in [-0.2, -0.15) is 0 Å². The van der Waals surface area contributed by atoms with E-state index in [1.54, 1.807) is 0 Å². The number of amides is 2. The van der Waals surface area contributed by atoms with E-state index in [2.05, 4.69) is 12.2 Å². The van der Waals surface area contributed by atoms with Crippen molar-refractivity contribution in [1.82, 2.24) is 10.2 Å². The minimum Gasteiger partial charge on any atom is -0.335 e. The first-order valence-corrected chi connectivity index (χ1v) is 6.33. The Morgan fingerprint density at radius 1 is 1.13 bits per heavy atom. The van der Waals surface area contributed by atoms with Crippen LogP contribution in [-0.4, -0.2) is 30.1 Å². The topological polar surface area (TPSA) is 32.3 Å². The van der Waals surface area contributed by atoms with Crippen LogP contribution in [0.25, 0.3) is 0 Å². The maximum Gasteiger partial charge on any atom is 0.317 e. The summed E-state index contributed by atoms with van der Waals surface area (Å²) in [7, 11) is 0. The molecule has 2 unspecified atom stereocenters. The van der Waals surface area contributed by atoms with E-state index in [1.807, 2.05) is 4.90 Å². The van der Waals surface area contributed by atoms with Crippen molar-refractivity contribution in [2.75, 3.05) is 13.1 Å². The predicted molar refractivity (Wildman–Crippen MR) is 60.8 cm³/mol. The van der Waals surface area contributed by atoms with Crippen molar-refractivity contribution >= 4 is 6.03 Å². The molecule has 2 amide bonds. The van der Waals surface area contributed by atoms with Gasteiger partial charge in [0.25, 0.3) is 0 Å². The molecule has 2 atom stereocenters. The molecule has 1 N–H and O–H groups in total. The summed E-state index contributed by atoms with van der Waals surface area (Å²) < 4.78 is 0. The van der Waals surface area contributed by atoms with Crippen LogP contribution in [0.3, 0.4) is 0 Å². The first-order chi connectivity index (χ1) is 7.27. The molecule has 2 rings (SSSR count). The van der Waals surface area contributed by atoms with Crippen LogP contribution in [0, 0.1) is 5.92 Å². The monoisotopic (exact) mass is 210 g/mol. The lowest BCUT2D eigenvalue weighted by molar-refractivity contribution is 0.180. The van der Waals surface area contributed by atoms with Crippen molar-refractivity contribution in [3.8, 4) is 0 Å². The van der Waals surface area contributed by atoms with E-state index >= 15 is 0 Å². The zero-order valence-corrected chi connectivity index (χ0v) is 9.67. The van der Waals surface area contributed by atoms with Gasteiger partial charge in [-0.25, -0.2) is 4.79 Å². The van der Waals surface area contributed by atoms with Gasteiger partial charge in [0.05, 0.1) is 0 Å². The molecule has 2 aliphatic rings. The van der Waals surface area contributed by atoms with Gasteiger partial charge in [-0.1, -0.05) is 13.3 Å². The third-order valence-corrected chi connectivity index (χ3v) is 3.81. The number of nitrogens with zero attached hydrogens (tertiary/aromatic N) is 1. The van der Waals surface area contributed by atoms with Crippen molar-refractivity contribution in [2.24, 2.45) is 5.92 Å². The van der Waals surface area contributed by atoms with E-state index in [0.717, 1.165) is 13.1 Å². The van der Waals surface area contributed by atoms with E-state index in [0.29, 0.717) is 12.0 Å². The predicted octanol–water partition coefficient (Wildman–Crippen LogP) is 2.37. The Kier molecular flexibility index (Phi) is 3.49.